The molecule has 156 valence electrons. The van der Waals surface area contributed by atoms with E-state index in [9.17, 15) is 14.7 Å². The van der Waals surface area contributed by atoms with Crippen LogP contribution in [0.2, 0.25) is 0 Å². The van der Waals surface area contributed by atoms with Crippen LogP contribution in [0.15, 0.2) is 24.3 Å². The molecule has 9 nitrogen and oxygen atoms in total. The second kappa shape index (κ2) is 8.10. The number of benzene rings is 1. The van der Waals surface area contributed by atoms with Gasteiger partial charge in [0.1, 0.15) is 11.6 Å². The van der Waals surface area contributed by atoms with Crippen molar-refractivity contribution in [3.63, 3.8) is 0 Å². The number of nitrogens with zero attached hydrogens (tertiary/aromatic N) is 4. The molecule has 0 saturated carbocycles. The van der Waals surface area contributed by atoms with Crippen LogP contribution in [0.3, 0.4) is 0 Å². The quantitative estimate of drug-likeness (QED) is 0.832. The molecule has 9 heteroatoms. The predicted octanol–water partition coefficient (Wildman–Crippen LogP) is 2.54. The Morgan fingerprint density at radius 1 is 1.17 bits per heavy atom. The summed E-state index contributed by atoms with van der Waals surface area (Å²) in [4.78, 5) is 36.6. The number of amides is 1. The van der Waals surface area contributed by atoms with Crippen molar-refractivity contribution in [2.75, 3.05) is 31.1 Å². The summed E-state index contributed by atoms with van der Waals surface area (Å²) < 4.78 is 11.0. The Morgan fingerprint density at radius 3 is 2.41 bits per heavy atom. The summed E-state index contributed by atoms with van der Waals surface area (Å²) in [5, 5.41) is 9.83. The van der Waals surface area contributed by atoms with Crippen LogP contribution >= 0.6 is 0 Å². The van der Waals surface area contributed by atoms with Gasteiger partial charge in [0.15, 0.2) is 5.82 Å². The van der Waals surface area contributed by atoms with Crippen LogP contribution in [-0.4, -0.2) is 69.9 Å². The second-order valence-electron chi connectivity index (χ2n) is 7.75. The fourth-order valence-corrected chi connectivity index (χ4v) is 3.14. The number of carboxylic acids is 1. The lowest BCUT2D eigenvalue weighted by Crippen LogP contribution is -2.58. The number of carbonyl (C=O) groups is 2. The molecule has 1 N–H and O–H groups in total. The number of hydrogen-bond acceptors (Lipinski definition) is 7. The third-order valence-corrected chi connectivity index (χ3v) is 4.39. The Morgan fingerprint density at radius 2 is 1.83 bits per heavy atom. The smallest absolute Gasteiger partial charge is 0.410 e. The molecule has 29 heavy (non-hydrogen) atoms. The van der Waals surface area contributed by atoms with Gasteiger partial charge in [0.2, 0.25) is 0 Å². The number of aliphatic carboxylic acids is 1. The highest BCUT2D eigenvalue weighted by Crippen LogP contribution is 2.30. The van der Waals surface area contributed by atoms with Crippen molar-refractivity contribution in [1.29, 1.82) is 0 Å². The van der Waals surface area contributed by atoms with Crippen LogP contribution in [0.4, 0.5) is 10.6 Å². The summed E-state index contributed by atoms with van der Waals surface area (Å²) >= 11 is 0. The standard InChI is InChI=1S/C20H26N4O5/c1-5-28-17-16(21-13-8-6-7-9-14(13)22-17)24-11-10-23(12-15(24)18(25)26)19(27)29-20(2,3)4/h6-9,15H,5,10-12H2,1-4H3,(H,25,26)/t15-/m1/s1. The van der Waals surface area contributed by atoms with Gasteiger partial charge in [-0.3, -0.25) is 0 Å². The summed E-state index contributed by atoms with van der Waals surface area (Å²) in [5.41, 5.74) is 0.655. The Labute approximate surface area is 169 Å². The maximum Gasteiger partial charge on any atom is 0.410 e. The first-order valence-electron chi connectivity index (χ1n) is 9.56. The number of para-hydroxylation sites is 2. The molecule has 0 spiro atoms. The largest absolute Gasteiger partial charge is 0.480 e. The van der Waals surface area contributed by atoms with Crippen LogP contribution in [0.1, 0.15) is 27.7 Å². The van der Waals surface area contributed by atoms with Crippen LogP contribution in [-0.2, 0) is 9.53 Å². The van der Waals surface area contributed by atoms with E-state index in [-0.39, 0.29) is 19.0 Å². The lowest BCUT2D eigenvalue weighted by molar-refractivity contribution is -0.139. The highest BCUT2D eigenvalue weighted by atomic mass is 16.6. The molecule has 0 unspecified atom stereocenters. The minimum Gasteiger partial charge on any atom is -0.480 e. The number of aromatic nitrogens is 2. The van der Waals surface area contributed by atoms with Gasteiger partial charge in [0.05, 0.1) is 24.2 Å². The van der Waals surface area contributed by atoms with Gasteiger partial charge in [0.25, 0.3) is 5.88 Å². The molecule has 0 aliphatic carbocycles. The van der Waals surface area contributed by atoms with E-state index in [2.05, 4.69) is 9.97 Å². The summed E-state index contributed by atoms with van der Waals surface area (Å²) in [7, 11) is 0. The minimum absolute atomic E-state index is 0.0235. The summed E-state index contributed by atoms with van der Waals surface area (Å²) in [5.74, 6) is -0.416. The molecule has 1 fully saturated rings. The van der Waals surface area contributed by atoms with Crippen molar-refractivity contribution >= 4 is 28.9 Å². The number of hydrogen-bond donors (Lipinski definition) is 1. The molecule has 0 radical (unpaired) electrons. The number of fused-ring (bicyclic) bond motifs is 1. The Balaban J connectivity index is 1.93. The van der Waals surface area contributed by atoms with Crippen molar-refractivity contribution in [3.05, 3.63) is 24.3 Å². The summed E-state index contributed by atoms with van der Waals surface area (Å²) in [6.45, 7) is 8.07. The molecule has 1 saturated heterocycles. The molecule has 2 aromatic rings. The fourth-order valence-electron chi connectivity index (χ4n) is 3.14. The van der Waals surface area contributed by atoms with E-state index in [1.807, 2.05) is 31.2 Å². The molecular formula is C20H26N4O5. The monoisotopic (exact) mass is 402 g/mol. The lowest BCUT2D eigenvalue weighted by Gasteiger charge is -2.40. The number of anilines is 1. The first-order chi connectivity index (χ1) is 13.7. The molecule has 2 heterocycles. The third kappa shape index (κ3) is 4.67. The molecule has 3 rings (SSSR count). The molecule has 1 aliphatic rings. The highest BCUT2D eigenvalue weighted by molar-refractivity contribution is 5.83. The summed E-state index contributed by atoms with van der Waals surface area (Å²) in [6, 6.07) is 6.34. The minimum atomic E-state index is -1.06. The number of rotatable bonds is 4. The van der Waals surface area contributed by atoms with Gasteiger partial charge >= 0.3 is 12.1 Å². The van der Waals surface area contributed by atoms with Crippen LogP contribution in [0, 0.1) is 0 Å². The van der Waals surface area contributed by atoms with Crippen molar-refractivity contribution < 1.29 is 24.2 Å². The Bertz CT molecular complexity index is 911. The Kier molecular flexibility index (Phi) is 5.76. The zero-order valence-electron chi connectivity index (χ0n) is 17.1. The van der Waals surface area contributed by atoms with Gasteiger partial charge < -0.3 is 24.4 Å². The van der Waals surface area contributed by atoms with E-state index in [0.717, 1.165) is 0 Å². The third-order valence-electron chi connectivity index (χ3n) is 4.39. The maximum atomic E-state index is 12.4. The second-order valence-corrected chi connectivity index (χ2v) is 7.75. The molecule has 1 aromatic heterocycles. The normalized spacial score (nSPS) is 17.3. The van der Waals surface area contributed by atoms with Crippen molar-refractivity contribution in [1.82, 2.24) is 14.9 Å². The number of carboxylic acid groups (broad SMARTS) is 1. The van der Waals surface area contributed by atoms with Crippen molar-refractivity contribution in [2.24, 2.45) is 0 Å². The van der Waals surface area contributed by atoms with Crippen LogP contribution in [0.25, 0.3) is 11.0 Å². The molecule has 1 aromatic carbocycles. The SMILES string of the molecule is CCOc1nc2ccccc2nc1N1CCN(C(=O)OC(C)(C)C)C[C@@H]1C(=O)O. The van der Waals surface area contributed by atoms with Crippen molar-refractivity contribution in [2.45, 2.75) is 39.3 Å². The van der Waals surface area contributed by atoms with Gasteiger partial charge in [-0.05, 0) is 39.8 Å². The van der Waals surface area contributed by atoms with Crippen molar-refractivity contribution in [3.8, 4) is 5.88 Å². The maximum absolute atomic E-state index is 12.4. The van der Waals surface area contributed by atoms with Crippen LogP contribution < -0.4 is 9.64 Å². The predicted molar refractivity (Wildman–Crippen MR) is 107 cm³/mol. The fraction of sp³-hybridized carbons (Fsp3) is 0.500. The van der Waals surface area contributed by atoms with E-state index in [0.29, 0.717) is 30.0 Å². The first kappa shape index (κ1) is 20.6. The highest BCUT2D eigenvalue weighted by Gasteiger charge is 2.38. The molecule has 1 aliphatic heterocycles. The zero-order valence-corrected chi connectivity index (χ0v) is 17.1. The number of ether oxygens (including phenoxy) is 2. The molecule has 0 bridgehead atoms. The van der Waals surface area contributed by atoms with Gasteiger partial charge in [0, 0.05) is 13.1 Å². The first-order valence-corrected chi connectivity index (χ1v) is 9.56. The van der Waals surface area contributed by atoms with E-state index >= 15 is 0 Å². The lowest BCUT2D eigenvalue weighted by atomic mass is 10.1. The average molecular weight is 402 g/mol. The number of piperazine rings is 1. The Hall–Kier alpha value is -3.10. The van der Waals surface area contributed by atoms with Gasteiger partial charge in [-0.15, -0.1) is 0 Å². The van der Waals surface area contributed by atoms with Gasteiger partial charge in [-0.1, -0.05) is 12.1 Å². The van der Waals surface area contributed by atoms with Gasteiger partial charge in [-0.2, -0.15) is 0 Å². The zero-order chi connectivity index (χ0) is 21.2. The topological polar surface area (TPSA) is 105 Å². The van der Waals surface area contributed by atoms with E-state index in [4.69, 9.17) is 9.47 Å². The van der Waals surface area contributed by atoms with Crippen LogP contribution in [0.5, 0.6) is 5.88 Å². The molecular weight excluding hydrogens is 376 g/mol. The summed E-state index contributed by atoms with van der Waals surface area (Å²) in [6.07, 6.45) is -0.530. The average Bonchev–Trinajstić information content (AvgIpc) is 2.66. The molecule has 1 amide bonds. The van der Waals surface area contributed by atoms with E-state index in [1.165, 1.54) is 4.90 Å². The number of carbonyl (C=O) groups excluding carboxylic acids is 1. The van der Waals surface area contributed by atoms with Gasteiger partial charge in [-0.25, -0.2) is 19.6 Å². The van der Waals surface area contributed by atoms with E-state index in [1.54, 1.807) is 25.7 Å². The van der Waals surface area contributed by atoms with E-state index < -0.39 is 23.7 Å². The molecule has 1 atom stereocenters.